The van der Waals surface area contributed by atoms with E-state index in [4.69, 9.17) is 43.6 Å². The predicted octanol–water partition coefficient (Wildman–Crippen LogP) is 9.38. The summed E-state index contributed by atoms with van der Waals surface area (Å²) < 4.78 is 29.5. The normalized spacial score (nSPS) is 24.1. The van der Waals surface area contributed by atoms with Gasteiger partial charge in [0.25, 0.3) is 0 Å². The lowest BCUT2D eigenvalue weighted by molar-refractivity contribution is -0.142. The topological polar surface area (TPSA) is 232 Å². The first-order valence-electron chi connectivity index (χ1n) is 29.2. The van der Waals surface area contributed by atoms with E-state index in [1.165, 1.54) is 43.2 Å². The number of hydrogen-bond donors (Lipinski definition) is 3. The standard InChI is InChI=1S/C31H45N7O5.C26H37N7O3.2CH4/c1-19-11-26(35-38(19)30(40)43-31(2,3)4)32-25-15-27(42-18-21-16-41-17-21)34-29(33-25)36(5)24-13-22-7-6-8-23(14-24)37(22)28(39)12-20-9-10-20;1-16-8-23(31-30-16)27-22-12-24(36-15-18-13-35-14-18)29-26(28-22)32(2)21-10-19-4-3-5-20(11-21)33(19)25(34)9-17-6-7-17;;/h11,15,20-24H,6-10,12-14,16-18H2,1-5H3,(H,32,33,34,35);8,12,17-21H,3-7,9-11,13-15H2,1-2H3,(H2,27,28,29,30,31);2*1H4/t22-,23+,24?;19-,20+,21?;;. The number of nitrogens with zero attached hydrogens (tertiary/aromatic N) is 11. The van der Waals surface area contributed by atoms with E-state index in [9.17, 15) is 14.4 Å². The van der Waals surface area contributed by atoms with Gasteiger partial charge in [0.1, 0.15) is 17.2 Å². The molecule has 2 unspecified atom stereocenters. The van der Waals surface area contributed by atoms with Crippen molar-refractivity contribution in [1.82, 2.24) is 49.7 Å². The van der Waals surface area contributed by atoms with Crippen LogP contribution in [0.25, 0.3) is 0 Å². The van der Waals surface area contributed by atoms with Crippen molar-refractivity contribution in [3.05, 3.63) is 35.7 Å². The summed E-state index contributed by atoms with van der Waals surface area (Å²) in [5.41, 5.74) is 0.977. The number of nitrogens with one attached hydrogen (secondary N) is 3. The van der Waals surface area contributed by atoms with Gasteiger partial charge in [0.05, 0.1) is 39.6 Å². The number of fused-ring (bicyclic) bond motifs is 4. The Kier molecular flexibility index (Phi) is 18.7. The summed E-state index contributed by atoms with van der Waals surface area (Å²) in [5.74, 6) is 7.23. The van der Waals surface area contributed by atoms with Gasteiger partial charge in [-0.25, -0.2) is 4.79 Å². The highest BCUT2D eigenvalue weighted by Gasteiger charge is 2.45. The number of anilines is 6. The Morgan fingerprint density at radius 2 is 1.06 bits per heavy atom. The number of carbonyl (C=O) groups excluding carboxylic acids is 3. The van der Waals surface area contributed by atoms with Gasteiger partial charge in [-0.2, -0.15) is 29.7 Å². The fourth-order valence-electron chi connectivity index (χ4n) is 12.2. The molecule has 8 aliphatic rings. The van der Waals surface area contributed by atoms with Crippen molar-refractivity contribution in [2.24, 2.45) is 23.7 Å². The van der Waals surface area contributed by atoms with Crippen molar-refractivity contribution in [2.45, 2.75) is 194 Å². The van der Waals surface area contributed by atoms with Crippen LogP contribution in [-0.4, -0.2) is 163 Å². The zero-order valence-electron chi connectivity index (χ0n) is 47.3. The number of hydrogen-bond acceptors (Lipinski definition) is 18. The number of piperidine rings is 4. The van der Waals surface area contributed by atoms with Crippen molar-refractivity contribution in [3.8, 4) is 11.8 Å². The second-order valence-corrected chi connectivity index (χ2v) is 24.8. The third-order valence-corrected chi connectivity index (χ3v) is 16.9. The molecule has 3 N–H and O–H groups in total. The van der Waals surface area contributed by atoms with E-state index in [1.54, 1.807) is 19.1 Å². The number of H-pyrrole nitrogens is 1. The first-order valence-corrected chi connectivity index (χ1v) is 29.2. The molecule has 2 saturated carbocycles. The van der Waals surface area contributed by atoms with Crippen molar-refractivity contribution in [2.75, 3.05) is 74.2 Å². The lowest BCUT2D eigenvalue weighted by Crippen LogP contribution is -2.58. The Labute approximate surface area is 478 Å². The first-order chi connectivity index (χ1) is 38.0. The number of ether oxygens (including phenoxy) is 5. The zero-order valence-corrected chi connectivity index (χ0v) is 47.3. The van der Waals surface area contributed by atoms with Gasteiger partial charge in [-0.3, -0.25) is 14.7 Å². The molecule has 444 valence electrons. The van der Waals surface area contributed by atoms with Crippen molar-refractivity contribution in [3.63, 3.8) is 0 Å². The monoisotopic (exact) mass is 1120 g/mol. The quantitative estimate of drug-likeness (QED) is 0.0842. The molecule has 4 aromatic heterocycles. The molecule has 6 atom stereocenters. The third kappa shape index (κ3) is 14.9. The van der Waals surface area contributed by atoms with Gasteiger partial charge in [-0.15, -0.1) is 5.10 Å². The van der Waals surface area contributed by atoms with E-state index in [0.29, 0.717) is 133 Å². The van der Waals surface area contributed by atoms with E-state index in [0.717, 1.165) is 76.7 Å². The summed E-state index contributed by atoms with van der Waals surface area (Å²) >= 11 is 0. The van der Waals surface area contributed by atoms with Crippen LogP contribution < -0.4 is 29.9 Å². The molecule has 4 aromatic rings. The van der Waals surface area contributed by atoms with E-state index >= 15 is 0 Å². The Hall–Kier alpha value is -6.29. The van der Waals surface area contributed by atoms with Crippen LogP contribution in [0.15, 0.2) is 24.3 Å². The Balaban J connectivity index is 0.000000194. The van der Waals surface area contributed by atoms with Crippen LogP contribution in [-0.2, 0) is 23.8 Å². The number of aryl methyl sites for hydroxylation is 2. The first kappa shape index (κ1) is 59.3. The number of aromatic amines is 1. The number of carbonyl (C=O) groups is 3. The summed E-state index contributed by atoms with van der Waals surface area (Å²) in [7, 11) is 4.11. The fourth-order valence-corrected chi connectivity index (χ4v) is 12.2. The average molecular weight is 1120 g/mol. The largest absolute Gasteiger partial charge is 0.477 e. The average Bonchev–Trinajstić information content (AvgIpc) is 4.36. The number of aromatic nitrogens is 8. The highest BCUT2D eigenvalue weighted by atomic mass is 16.6. The van der Waals surface area contributed by atoms with E-state index in [2.05, 4.69) is 52.6 Å². The fraction of sp³-hybridized carbons (Fsp3) is 0.712. The molecule has 0 spiro atoms. The molecular formula is C59H90N14O8. The van der Waals surface area contributed by atoms with Crippen LogP contribution in [0.3, 0.4) is 0 Å². The van der Waals surface area contributed by atoms with Gasteiger partial charge in [0.2, 0.25) is 35.5 Å². The van der Waals surface area contributed by atoms with Gasteiger partial charge in [0, 0.05) is 111 Å². The molecule has 4 bridgehead atoms. The molecule has 22 nitrogen and oxygen atoms in total. The summed E-state index contributed by atoms with van der Waals surface area (Å²) in [5, 5.41) is 18.2. The molecule has 0 aromatic carbocycles. The molecule has 2 amide bonds. The van der Waals surface area contributed by atoms with Gasteiger partial charge >= 0.3 is 6.09 Å². The molecule has 10 heterocycles. The SMILES string of the molecule is C.C.Cc1cc(Nc2cc(OCC3COC3)nc(N(C)C3C[C@H]4CCC[C@@H](C3)N4C(=O)CC3CC3)n2)n[nH]1.Cc1cc(Nc2cc(OCC3COC3)nc(N(C)C3C[C@H]4CCC[C@@H](C3)N4C(=O)CC3CC3)n2)nn1C(=O)OC(C)(C)C. The molecule has 6 aliphatic heterocycles. The van der Waals surface area contributed by atoms with Crippen molar-refractivity contribution < 1.29 is 38.1 Å². The number of rotatable bonds is 18. The summed E-state index contributed by atoms with van der Waals surface area (Å²) in [6.45, 7) is 13.2. The van der Waals surface area contributed by atoms with Crippen LogP contribution in [0.1, 0.15) is 150 Å². The minimum absolute atomic E-state index is 0. The van der Waals surface area contributed by atoms with Crippen LogP contribution in [0.2, 0.25) is 0 Å². The van der Waals surface area contributed by atoms with Crippen LogP contribution in [0.4, 0.5) is 40.0 Å². The molecule has 81 heavy (non-hydrogen) atoms. The van der Waals surface area contributed by atoms with Crippen LogP contribution >= 0.6 is 0 Å². The minimum atomic E-state index is -0.633. The molecular weight excluding hydrogens is 1030 g/mol. The minimum Gasteiger partial charge on any atom is -0.477 e. The van der Waals surface area contributed by atoms with E-state index < -0.39 is 11.7 Å². The van der Waals surface area contributed by atoms with Crippen LogP contribution in [0.5, 0.6) is 11.8 Å². The maximum absolute atomic E-state index is 13.2. The Morgan fingerprint density at radius 1 is 0.617 bits per heavy atom. The van der Waals surface area contributed by atoms with Crippen molar-refractivity contribution in [1.29, 1.82) is 0 Å². The third-order valence-electron chi connectivity index (χ3n) is 16.9. The molecule has 12 rings (SSSR count). The lowest BCUT2D eigenvalue weighted by atomic mass is 9.81. The van der Waals surface area contributed by atoms with Crippen molar-refractivity contribution >= 4 is 53.1 Å². The zero-order chi connectivity index (χ0) is 55.0. The predicted molar refractivity (Wildman–Crippen MR) is 310 cm³/mol. The smallest absolute Gasteiger partial charge is 0.435 e. The van der Waals surface area contributed by atoms with E-state index in [-0.39, 0.29) is 39.0 Å². The summed E-state index contributed by atoms with van der Waals surface area (Å²) in [6.07, 6.45) is 16.1. The molecule has 6 saturated heterocycles. The molecule has 0 radical (unpaired) electrons. The summed E-state index contributed by atoms with van der Waals surface area (Å²) in [4.78, 5) is 67.0. The van der Waals surface area contributed by atoms with Gasteiger partial charge in [-0.05, 0) is 136 Å². The number of amides is 2. The molecule has 22 heteroatoms. The molecule has 8 fully saturated rings. The van der Waals surface area contributed by atoms with E-state index in [1.807, 2.05) is 46.9 Å². The lowest BCUT2D eigenvalue weighted by Gasteiger charge is -2.50. The second-order valence-electron chi connectivity index (χ2n) is 24.8. The Morgan fingerprint density at radius 3 is 1.44 bits per heavy atom. The van der Waals surface area contributed by atoms with Gasteiger partial charge in [-0.1, -0.05) is 14.9 Å². The highest BCUT2D eigenvalue weighted by Crippen LogP contribution is 2.42. The molecule has 2 aliphatic carbocycles. The maximum Gasteiger partial charge on any atom is 0.435 e. The maximum atomic E-state index is 13.2. The highest BCUT2D eigenvalue weighted by molar-refractivity contribution is 5.78. The van der Waals surface area contributed by atoms with Gasteiger partial charge < -0.3 is 53.9 Å². The Bertz CT molecular complexity index is 2760. The van der Waals surface area contributed by atoms with Gasteiger partial charge in [0.15, 0.2) is 11.6 Å². The second kappa shape index (κ2) is 25.5. The van der Waals surface area contributed by atoms with Crippen LogP contribution in [0, 0.1) is 37.5 Å². The summed E-state index contributed by atoms with van der Waals surface area (Å²) in [6, 6.07) is 8.95.